The van der Waals surface area contributed by atoms with Crippen LogP contribution in [0.1, 0.15) is 10.5 Å². The Morgan fingerprint density at radius 2 is 2.17 bits per heavy atom. The molecule has 1 atom stereocenters. The lowest BCUT2D eigenvalue weighted by atomic mass is 10.1. The van der Waals surface area contributed by atoms with E-state index < -0.39 is 12.0 Å². The number of aromatic nitrogens is 3. The van der Waals surface area contributed by atoms with Crippen LogP contribution in [0, 0.1) is 0 Å². The third-order valence-electron chi connectivity index (χ3n) is 4.27. The molecule has 0 bridgehead atoms. The van der Waals surface area contributed by atoms with Gasteiger partial charge in [-0.15, -0.1) is 6.58 Å². The monoisotopic (exact) mass is 416 g/mol. The minimum absolute atomic E-state index is 0.00607. The van der Waals surface area contributed by atoms with E-state index in [1.165, 1.54) is 22.3 Å². The van der Waals surface area contributed by atoms with Gasteiger partial charge in [-0.3, -0.25) is 18.6 Å². The molecule has 0 radical (unpaired) electrons. The molecule has 1 unspecified atom stereocenters. The second kappa shape index (κ2) is 9.04. The predicted molar refractivity (Wildman–Crippen MR) is 110 cm³/mol. The number of nitrogens with zero attached hydrogens (tertiary/aromatic N) is 3. The molecular weight excluding hydrogens is 396 g/mol. The van der Waals surface area contributed by atoms with Crippen molar-refractivity contribution in [2.45, 2.75) is 12.6 Å². The molecule has 0 aliphatic heterocycles. The van der Waals surface area contributed by atoms with Crippen molar-refractivity contribution >= 4 is 23.2 Å². The molecule has 152 valence electrons. The second-order valence-electron chi connectivity index (χ2n) is 6.37. The van der Waals surface area contributed by atoms with Gasteiger partial charge in [0.1, 0.15) is 5.69 Å². The summed E-state index contributed by atoms with van der Waals surface area (Å²) in [5.41, 5.74) is 1.05. The first-order valence-corrected chi connectivity index (χ1v) is 9.27. The Bertz CT molecular complexity index is 1110. The summed E-state index contributed by atoms with van der Waals surface area (Å²) in [4.78, 5) is 29.6. The Morgan fingerprint density at radius 1 is 1.41 bits per heavy atom. The highest BCUT2D eigenvalue weighted by atomic mass is 35.5. The maximum Gasteiger partial charge on any atom is 0.295 e. The van der Waals surface area contributed by atoms with Crippen molar-refractivity contribution in [3.8, 4) is 11.3 Å². The van der Waals surface area contributed by atoms with Gasteiger partial charge in [-0.05, 0) is 6.07 Å². The number of carbonyl (C=O) groups is 1. The largest absolute Gasteiger partial charge is 0.389 e. The van der Waals surface area contributed by atoms with Crippen LogP contribution >= 0.6 is 11.6 Å². The molecule has 0 saturated carbocycles. The topological polar surface area (TPSA) is 97.9 Å². The van der Waals surface area contributed by atoms with Gasteiger partial charge in [-0.1, -0.05) is 35.9 Å². The molecule has 29 heavy (non-hydrogen) atoms. The van der Waals surface area contributed by atoms with Gasteiger partial charge >= 0.3 is 0 Å². The number of methoxy groups -OCH3 is 1. The van der Waals surface area contributed by atoms with Crippen LogP contribution in [0.2, 0.25) is 5.02 Å². The van der Waals surface area contributed by atoms with E-state index in [4.69, 9.17) is 16.3 Å². The van der Waals surface area contributed by atoms with Gasteiger partial charge in [0.05, 0.1) is 18.4 Å². The van der Waals surface area contributed by atoms with Gasteiger partial charge in [0.15, 0.2) is 0 Å². The average molecular weight is 417 g/mol. The van der Waals surface area contributed by atoms with Crippen LogP contribution in [-0.4, -0.2) is 51.3 Å². The number of aliphatic hydroxyl groups is 1. The highest BCUT2D eigenvalue weighted by Gasteiger charge is 2.18. The number of nitrogens with one attached hydrogen (secondary N) is 1. The molecule has 1 aromatic carbocycles. The van der Waals surface area contributed by atoms with Gasteiger partial charge in [0, 0.05) is 43.2 Å². The zero-order valence-corrected chi connectivity index (χ0v) is 16.6. The average Bonchev–Trinajstić information content (AvgIpc) is 3.14. The lowest BCUT2D eigenvalue weighted by molar-refractivity contribution is 0.0609. The zero-order chi connectivity index (χ0) is 21.0. The number of benzene rings is 1. The van der Waals surface area contributed by atoms with Gasteiger partial charge in [-0.25, -0.2) is 4.98 Å². The van der Waals surface area contributed by atoms with E-state index in [-0.39, 0.29) is 36.6 Å². The van der Waals surface area contributed by atoms with Gasteiger partial charge < -0.3 is 15.2 Å². The summed E-state index contributed by atoms with van der Waals surface area (Å²) in [6.45, 7) is 4.07. The summed E-state index contributed by atoms with van der Waals surface area (Å²) >= 11 is 6.32. The third-order valence-corrected chi connectivity index (χ3v) is 4.60. The fourth-order valence-electron chi connectivity index (χ4n) is 2.94. The lowest BCUT2D eigenvalue weighted by Gasteiger charge is -2.13. The van der Waals surface area contributed by atoms with Gasteiger partial charge in [0.2, 0.25) is 5.65 Å². The summed E-state index contributed by atoms with van der Waals surface area (Å²) in [5.74, 6) is -0.502. The Kier molecular flexibility index (Phi) is 6.48. The molecule has 0 fully saturated rings. The van der Waals surface area contributed by atoms with Crippen molar-refractivity contribution in [2.75, 3.05) is 20.3 Å². The molecule has 0 spiro atoms. The number of imidazole rings is 1. The first-order valence-electron chi connectivity index (χ1n) is 8.89. The highest BCUT2D eigenvalue weighted by Crippen LogP contribution is 2.27. The van der Waals surface area contributed by atoms with Crippen molar-refractivity contribution in [1.29, 1.82) is 0 Å². The maximum absolute atomic E-state index is 13.0. The third kappa shape index (κ3) is 4.40. The van der Waals surface area contributed by atoms with Crippen LogP contribution < -0.4 is 10.9 Å². The van der Waals surface area contributed by atoms with E-state index in [2.05, 4.69) is 16.9 Å². The number of ether oxygens (including phenoxy) is 1. The predicted octanol–water partition coefficient (Wildman–Crippen LogP) is 1.74. The maximum atomic E-state index is 13.0. The molecule has 2 N–H and O–H groups in total. The van der Waals surface area contributed by atoms with E-state index in [1.54, 1.807) is 24.4 Å². The zero-order valence-electron chi connectivity index (χ0n) is 15.8. The molecule has 8 nitrogen and oxygen atoms in total. The summed E-state index contributed by atoms with van der Waals surface area (Å²) in [6.07, 6.45) is 3.93. The van der Waals surface area contributed by atoms with Crippen molar-refractivity contribution in [2.24, 2.45) is 0 Å². The van der Waals surface area contributed by atoms with E-state index in [1.807, 2.05) is 12.1 Å². The number of carbonyl (C=O) groups excluding carboxylic acids is 1. The number of halogens is 1. The fourth-order valence-corrected chi connectivity index (χ4v) is 3.17. The molecule has 2 heterocycles. The Morgan fingerprint density at radius 3 is 2.86 bits per heavy atom. The number of allylic oxidation sites excluding steroid dienone is 1. The molecule has 0 aliphatic rings. The van der Waals surface area contributed by atoms with Gasteiger partial charge in [-0.2, -0.15) is 0 Å². The first kappa shape index (κ1) is 20.8. The number of aliphatic hydroxyl groups excluding tert-OH is 1. The minimum Gasteiger partial charge on any atom is -0.389 e. The normalized spacial score (nSPS) is 12.1. The summed E-state index contributed by atoms with van der Waals surface area (Å²) in [7, 11) is 1.46. The highest BCUT2D eigenvalue weighted by molar-refractivity contribution is 6.33. The Hall–Kier alpha value is -2.94. The SMILES string of the molecule is C=CCn1c(-c2ccccc2Cl)cn2cc(C(=O)NCC(O)COC)nc2c1=O. The fraction of sp³-hybridized carbons (Fsp3) is 0.250. The number of fused-ring (bicyclic) bond motifs is 1. The van der Waals surface area contributed by atoms with Crippen LogP contribution in [0.25, 0.3) is 16.9 Å². The molecule has 3 aromatic rings. The number of amides is 1. The molecule has 1 amide bonds. The number of hydrogen-bond acceptors (Lipinski definition) is 5. The van der Waals surface area contributed by atoms with Crippen LogP contribution in [0.5, 0.6) is 0 Å². The van der Waals surface area contributed by atoms with Crippen molar-refractivity contribution in [3.63, 3.8) is 0 Å². The first-order chi connectivity index (χ1) is 14.0. The van der Waals surface area contributed by atoms with Crippen molar-refractivity contribution in [1.82, 2.24) is 19.3 Å². The molecule has 0 aliphatic carbocycles. The Labute approximate surface area is 172 Å². The van der Waals surface area contributed by atoms with E-state index in [0.29, 0.717) is 16.3 Å². The lowest BCUT2D eigenvalue weighted by Crippen LogP contribution is -2.34. The van der Waals surface area contributed by atoms with E-state index in [9.17, 15) is 14.7 Å². The van der Waals surface area contributed by atoms with Crippen molar-refractivity contribution in [3.05, 3.63) is 70.4 Å². The van der Waals surface area contributed by atoms with E-state index in [0.717, 1.165) is 0 Å². The molecule has 2 aromatic heterocycles. The second-order valence-corrected chi connectivity index (χ2v) is 6.78. The summed E-state index contributed by atoms with van der Waals surface area (Å²) in [6, 6.07) is 7.18. The standard InChI is InChI=1S/C20H21ClN4O4/c1-3-8-25-17(14-6-4-5-7-15(14)21)11-24-10-16(23-18(24)20(25)28)19(27)22-9-13(26)12-29-2/h3-7,10-11,13,26H,1,8-9,12H2,2H3,(H,22,27). The minimum atomic E-state index is -0.836. The van der Waals surface area contributed by atoms with Crippen LogP contribution in [0.4, 0.5) is 0 Å². The van der Waals surface area contributed by atoms with E-state index >= 15 is 0 Å². The quantitative estimate of drug-likeness (QED) is 0.545. The summed E-state index contributed by atoms with van der Waals surface area (Å²) < 4.78 is 7.82. The van der Waals surface area contributed by atoms with Crippen molar-refractivity contribution < 1.29 is 14.6 Å². The smallest absolute Gasteiger partial charge is 0.295 e. The number of rotatable bonds is 8. The summed E-state index contributed by atoms with van der Waals surface area (Å²) in [5, 5.41) is 12.7. The van der Waals surface area contributed by atoms with Crippen LogP contribution in [-0.2, 0) is 11.3 Å². The van der Waals surface area contributed by atoms with Crippen LogP contribution in [0.15, 0.2) is 54.1 Å². The van der Waals surface area contributed by atoms with Gasteiger partial charge in [0.25, 0.3) is 11.5 Å². The molecular formula is C20H21ClN4O4. The van der Waals surface area contributed by atoms with Crippen LogP contribution in [0.3, 0.4) is 0 Å². The Balaban J connectivity index is 2.03. The molecule has 3 rings (SSSR count). The number of hydrogen-bond donors (Lipinski definition) is 2. The molecule has 0 saturated heterocycles. The molecule has 9 heteroatoms.